The number of aromatic nitrogens is 1. The average molecular weight is 333 g/mol. The number of nitrogens with zero attached hydrogens (tertiary/aromatic N) is 2. The monoisotopic (exact) mass is 332 g/mol. The van der Waals surface area contributed by atoms with E-state index in [2.05, 4.69) is 20.9 Å². The fraction of sp³-hybridized carbons (Fsp3) is 0.200. The number of pyridine rings is 1. The Labute approximate surface area is 125 Å². The van der Waals surface area contributed by atoms with Crippen molar-refractivity contribution in [2.75, 3.05) is 11.5 Å². The number of carbonyl (C=O) groups excluding carboxylic acids is 1. The first-order valence-corrected chi connectivity index (χ1v) is 7.08. The maximum absolute atomic E-state index is 12.1. The quantitative estimate of drug-likeness (QED) is 0.793. The van der Waals surface area contributed by atoms with Crippen LogP contribution >= 0.6 is 15.9 Å². The maximum Gasteiger partial charge on any atom is 0.266 e. The molecular formula is C15H13BrN2O2. The molecule has 0 atom stereocenters. The zero-order valence-corrected chi connectivity index (χ0v) is 12.6. The summed E-state index contributed by atoms with van der Waals surface area (Å²) in [6.07, 6.45) is 0. The number of hydrogen-bond donors (Lipinski definition) is 0. The summed E-state index contributed by atoms with van der Waals surface area (Å²) in [4.78, 5) is 18.1. The largest absolute Gasteiger partial charge is 0.480 e. The van der Waals surface area contributed by atoms with Crippen molar-refractivity contribution in [3.05, 3.63) is 52.1 Å². The zero-order chi connectivity index (χ0) is 14.1. The summed E-state index contributed by atoms with van der Waals surface area (Å²) < 4.78 is 6.09. The lowest BCUT2D eigenvalue weighted by Gasteiger charge is -2.28. The van der Waals surface area contributed by atoms with Crippen molar-refractivity contribution in [1.82, 2.24) is 4.98 Å². The first-order valence-electron chi connectivity index (χ1n) is 6.29. The molecule has 3 rings (SSSR count). The summed E-state index contributed by atoms with van der Waals surface area (Å²) in [6.45, 7) is 2.60. The van der Waals surface area contributed by atoms with Gasteiger partial charge in [-0.25, -0.2) is 4.98 Å². The number of carbonyl (C=O) groups is 1. The molecule has 0 bridgehead atoms. The molecule has 0 unspecified atom stereocenters. The van der Waals surface area contributed by atoms with Gasteiger partial charge in [-0.3, -0.25) is 9.69 Å². The maximum atomic E-state index is 12.1. The number of hydrogen-bond acceptors (Lipinski definition) is 3. The van der Waals surface area contributed by atoms with Crippen LogP contribution in [0.3, 0.4) is 0 Å². The molecule has 0 radical (unpaired) electrons. The third-order valence-corrected chi connectivity index (χ3v) is 3.62. The Kier molecular flexibility index (Phi) is 3.44. The van der Waals surface area contributed by atoms with E-state index >= 15 is 0 Å². The Morgan fingerprint density at radius 1 is 1.25 bits per heavy atom. The highest BCUT2D eigenvalue weighted by Crippen LogP contribution is 2.32. The van der Waals surface area contributed by atoms with Gasteiger partial charge < -0.3 is 4.74 Å². The molecule has 0 N–H and O–H groups in total. The van der Waals surface area contributed by atoms with Crippen molar-refractivity contribution in [2.24, 2.45) is 0 Å². The molecule has 1 amide bonds. The lowest BCUT2D eigenvalue weighted by atomic mass is 10.1. The molecule has 20 heavy (non-hydrogen) atoms. The Morgan fingerprint density at radius 3 is 2.75 bits per heavy atom. The van der Waals surface area contributed by atoms with Gasteiger partial charge in [-0.15, -0.1) is 0 Å². The van der Waals surface area contributed by atoms with E-state index in [0.717, 1.165) is 5.56 Å². The fourth-order valence-electron chi connectivity index (χ4n) is 2.09. The molecule has 0 aliphatic carbocycles. The van der Waals surface area contributed by atoms with Gasteiger partial charge in [0.05, 0.1) is 6.54 Å². The molecule has 2 aromatic rings. The van der Waals surface area contributed by atoms with Gasteiger partial charge in [0.2, 0.25) is 0 Å². The van der Waals surface area contributed by atoms with Crippen LogP contribution in [0, 0.1) is 6.92 Å². The molecule has 0 saturated heterocycles. The second-order valence-electron chi connectivity index (χ2n) is 4.71. The first-order chi connectivity index (χ1) is 9.63. The Hall–Kier alpha value is -1.88. The van der Waals surface area contributed by atoms with Crippen molar-refractivity contribution in [2.45, 2.75) is 13.5 Å². The predicted molar refractivity (Wildman–Crippen MR) is 79.8 cm³/mol. The van der Waals surface area contributed by atoms with Crippen LogP contribution in [0.15, 0.2) is 41.0 Å². The van der Waals surface area contributed by atoms with Crippen LogP contribution in [0.5, 0.6) is 5.75 Å². The van der Waals surface area contributed by atoms with E-state index in [1.807, 2.05) is 37.3 Å². The van der Waals surface area contributed by atoms with E-state index in [1.165, 1.54) is 5.56 Å². The predicted octanol–water partition coefficient (Wildman–Crippen LogP) is 3.08. The van der Waals surface area contributed by atoms with Crippen molar-refractivity contribution < 1.29 is 9.53 Å². The van der Waals surface area contributed by atoms with Gasteiger partial charge in [0.15, 0.2) is 18.2 Å². The van der Waals surface area contributed by atoms with Crippen molar-refractivity contribution in [3.8, 4) is 5.75 Å². The van der Waals surface area contributed by atoms with Crippen LogP contribution in [-0.2, 0) is 11.3 Å². The van der Waals surface area contributed by atoms with Crippen molar-refractivity contribution in [3.63, 3.8) is 0 Å². The van der Waals surface area contributed by atoms with Gasteiger partial charge >= 0.3 is 0 Å². The van der Waals surface area contributed by atoms with Crippen LogP contribution in [0.2, 0.25) is 0 Å². The second-order valence-corrected chi connectivity index (χ2v) is 5.52. The number of fused-ring (bicyclic) bond motifs is 1. The molecule has 1 aromatic carbocycles. The van der Waals surface area contributed by atoms with E-state index < -0.39 is 0 Å². The molecule has 0 saturated carbocycles. The van der Waals surface area contributed by atoms with E-state index in [-0.39, 0.29) is 12.5 Å². The smallest absolute Gasteiger partial charge is 0.266 e. The van der Waals surface area contributed by atoms with E-state index in [4.69, 9.17) is 4.74 Å². The Morgan fingerprint density at radius 2 is 2.00 bits per heavy atom. The van der Waals surface area contributed by atoms with Gasteiger partial charge in [-0.05, 0) is 40.5 Å². The number of rotatable bonds is 2. The summed E-state index contributed by atoms with van der Waals surface area (Å²) in [6, 6.07) is 11.7. The second kappa shape index (κ2) is 5.25. The van der Waals surface area contributed by atoms with Crippen LogP contribution in [0.4, 0.5) is 5.82 Å². The normalized spacial score (nSPS) is 13.9. The molecule has 1 aromatic heterocycles. The molecule has 102 valence electrons. The first kappa shape index (κ1) is 13.1. The van der Waals surface area contributed by atoms with Gasteiger partial charge in [-0.1, -0.05) is 29.8 Å². The minimum atomic E-state index is -0.0799. The summed E-state index contributed by atoms with van der Waals surface area (Å²) in [5.74, 6) is 1.12. The van der Waals surface area contributed by atoms with Gasteiger partial charge in [0.1, 0.15) is 4.60 Å². The number of ether oxygens (including phenoxy) is 1. The lowest BCUT2D eigenvalue weighted by molar-refractivity contribution is -0.121. The van der Waals surface area contributed by atoms with Crippen molar-refractivity contribution in [1.29, 1.82) is 0 Å². The SMILES string of the molecule is Cc1ccc(CN2C(=O)COc3ccc(Br)nc32)cc1. The van der Waals surface area contributed by atoms with E-state index in [9.17, 15) is 4.79 Å². The zero-order valence-electron chi connectivity index (χ0n) is 11.0. The highest BCUT2D eigenvalue weighted by atomic mass is 79.9. The van der Waals surface area contributed by atoms with Crippen molar-refractivity contribution >= 4 is 27.7 Å². The highest BCUT2D eigenvalue weighted by Gasteiger charge is 2.27. The topological polar surface area (TPSA) is 42.4 Å². The molecule has 1 aliphatic rings. The highest BCUT2D eigenvalue weighted by molar-refractivity contribution is 9.10. The van der Waals surface area contributed by atoms with Crippen LogP contribution in [-0.4, -0.2) is 17.5 Å². The lowest BCUT2D eigenvalue weighted by Crippen LogP contribution is -2.38. The summed E-state index contributed by atoms with van der Waals surface area (Å²) in [5, 5.41) is 0. The standard InChI is InChI=1S/C15H13BrN2O2/c1-10-2-4-11(5-3-10)8-18-14(19)9-20-12-6-7-13(16)17-15(12)18/h2-7H,8-9H2,1H3. The number of anilines is 1. The number of benzene rings is 1. The number of halogens is 1. The summed E-state index contributed by atoms with van der Waals surface area (Å²) >= 11 is 3.33. The number of aryl methyl sites for hydroxylation is 1. The Balaban J connectivity index is 1.94. The fourth-order valence-corrected chi connectivity index (χ4v) is 2.39. The van der Waals surface area contributed by atoms with Gasteiger partial charge in [-0.2, -0.15) is 0 Å². The minimum Gasteiger partial charge on any atom is -0.480 e. The molecular weight excluding hydrogens is 320 g/mol. The molecule has 0 fully saturated rings. The molecule has 4 nitrogen and oxygen atoms in total. The summed E-state index contributed by atoms with van der Waals surface area (Å²) in [7, 11) is 0. The number of amides is 1. The molecule has 5 heteroatoms. The molecule has 2 heterocycles. The molecule has 0 spiro atoms. The Bertz CT molecular complexity index is 655. The minimum absolute atomic E-state index is 0.0577. The van der Waals surface area contributed by atoms with Crippen LogP contribution < -0.4 is 9.64 Å². The summed E-state index contributed by atoms with van der Waals surface area (Å²) in [5.41, 5.74) is 2.27. The van der Waals surface area contributed by atoms with E-state index in [0.29, 0.717) is 22.7 Å². The average Bonchev–Trinajstić information content (AvgIpc) is 2.44. The van der Waals surface area contributed by atoms with Gasteiger partial charge in [0.25, 0.3) is 5.91 Å². The third kappa shape index (κ3) is 2.54. The van der Waals surface area contributed by atoms with E-state index in [1.54, 1.807) is 11.0 Å². The van der Waals surface area contributed by atoms with Crippen LogP contribution in [0.1, 0.15) is 11.1 Å². The molecule has 1 aliphatic heterocycles. The van der Waals surface area contributed by atoms with Crippen LogP contribution in [0.25, 0.3) is 0 Å². The third-order valence-electron chi connectivity index (χ3n) is 3.17. The van der Waals surface area contributed by atoms with Gasteiger partial charge in [0, 0.05) is 0 Å².